The van der Waals surface area contributed by atoms with Crippen molar-refractivity contribution in [2.75, 3.05) is 45.9 Å². The fraction of sp³-hybridized carbons (Fsp3) is 0.509. The van der Waals surface area contributed by atoms with Crippen molar-refractivity contribution in [2.24, 2.45) is 5.92 Å². The molecule has 2 heterocycles. The summed E-state index contributed by atoms with van der Waals surface area (Å²) in [4.78, 5) is 45.7. The van der Waals surface area contributed by atoms with Crippen LogP contribution in [0.15, 0.2) is 97.1 Å². The van der Waals surface area contributed by atoms with Gasteiger partial charge in [0, 0.05) is 63.4 Å². The van der Waals surface area contributed by atoms with E-state index < -0.39 is 12.1 Å². The highest BCUT2D eigenvalue weighted by atomic mass is 16.6. The molecule has 12 heteroatoms. The molecular formula is C55H78N6O6. The fourth-order valence-electron chi connectivity index (χ4n) is 8.88. The number of carbonyl (C=O) groups is 3. The zero-order valence-electron chi connectivity index (χ0n) is 41.8. The van der Waals surface area contributed by atoms with E-state index in [1.54, 1.807) is 4.90 Å². The topological polar surface area (TPSA) is 125 Å². The number of rotatable bonds is 20. The minimum Gasteiger partial charge on any atom is -0.489 e. The van der Waals surface area contributed by atoms with Gasteiger partial charge in [0.25, 0.3) is 0 Å². The van der Waals surface area contributed by atoms with Gasteiger partial charge in [-0.1, -0.05) is 86.6 Å². The van der Waals surface area contributed by atoms with Crippen LogP contribution in [-0.2, 0) is 40.4 Å². The van der Waals surface area contributed by atoms with Crippen molar-refractivity contribution >= 4 is 17.9 Å². The Morgan fingerprint density at radius 1 is 0.627 bits per heavy atom. The van der Waals surface area contributed by atoms with Crippen LogP contribution in [0.2, 0.25) is 0 Å². The highest BCUT2D eigenvalue weighted by Gasteiger charge is 2.37. The smallest absolute Gasteiger partial charge is 0.410 e. The van der Waals surface area contributed by atoms with Gasteiger partial charge in [-0.25, -0.2) is 4.79 Å². The number of ether oxygens (including phenoxy) is 3. The summed E-state index contributed by atoms with van der Waals surface area (Å²) in [7, 11) is 0. The number of hydrogen-bond acceptors (Lipinski definition) is 9. The number of nitrogens with one attached hydrogen (secondary N) is 3. The molecule has 364 valence electrons. The fourth-order valence-corrected chi connectivity index (χ4v) is 8.88. The van der Waals surface area contributed by atoms with Gasteiger partial charge < -0.3 is 30.2 Å². The molecule has 0 aliphatic carbocycles. The van der Waals surface area contributed by atoms with Crippen LogP contribution in [0.3, 0.4) is 0 Å². The van der Waals surface area contributed by atoms with Gasteiger partial charge >= 0.3 is 6.09 Å². The maximum Gasteiger partial charge on any atom is 0.410 e. The Morgan fingerprint density at radius 3 is 1.60 bits per heavy atom. The van der Waals surface area contributed by atoms with Gasteiger partial charge in [0.1, 0.15) is 36.8 Å². The highest BCUT2D eigenvalue weighted by Crippen LogP contribution is 2.34. The molecule has 2 atom stereocenters. The van der Waals surface area contributed by atoms with E-state index in [1.807, 2.05) is 92.7 Å². The Kier molecular flexibility index (Phi) is 20.5. The van der Waals surface area contributed by atoms with Crippen molar-refractivity contribution in [1.82, 2.24) is 30.7 Å². The van der Waals surface area contributed by atoms with Crippen LogP contribution >= 0.6 is 0 Å². The van der Waals surface area contributed by atoms with Crippen molar-refractivity contribution < 1.29 is 28.6 Å². The molecule has 2 aliphatic heterocycles. The summed E-state index contributed by atoms with van der Waals surface area (Å²) in [5, 5.41) is 9.57. The third-order valence-corrected chi connectivity index (χ3v) is 12.3. The molecule has 0 bridgehead atoms. The molecule has 0 radical (unpaired) electrons. The predicted octanol–water partition coefficient (Wildman–Crippen LogP) is 8.88. The summed E-state index contributed by atoms with van der Waals surface area (Å²) in [5.41, 5.74) is 6.31. The van der Waals surface area contributed by atoms with Gasteiger partial charge in [-0.15, -0.1) is 0 Å². The average molecular weight is 919 g/mol. The van der Waals surface area contributed by atoms with Crippen molar-refractivity contribution in [3.8, 4) is 11.5 Å². The molecule has 0 fully saturated rings. The normalized spacial score (nSPS) is 15.6. The number of fused-ring (bicyclic) bond motifs is 2. The molecule has 2 aliphatic rings. The Hall–Kier alpha value is -5.43. The van der Waals surface area contributed by atoms with Gasteiger partial charge in [-0.3, -0.25) is 24.3 Å². The quantitative estimate of drug-likeness (QED) is 0.0798. The van der Waals surface area contributed by atoms with Crippen LogP contribution in [0.1, 0.15) is 115 Å². The first-order chi connectivity index (χ1) is 32.1. The van der Waals surface area contributed by atoms with Crippen LogP contribution in [0.25, 0.3) is 0 Å². The average Bonchev–Trinajstić information content (AvgIpc) is 3.31. The molecule has 67 heavy (non-hydrogen) atoms. The van der Waals surface area contributed by atoms with E-state index in [-0.39, 0.29) is 23.8 Å². The number of hydrogen-bond donors (Lipinski definition) is 3. The van der Waals surface area contributed by atoms with Crippen molar-refractivity contribution in [1.29, 1.82) is 0 Å². The van der Waals surface area contributed by atoms with E-state index >= 15 is 0 Å². The van der Waals surface area contributed by atoms with E-state index in [9.17, 15) is 14.4 Å². The Labute approximate surface area is 401 Å². The lowest BCUT2D eigenvalue weighted by Crippen LogP contribution is -2.49. The van der Waals surface area contributed by atoms with E-state index in [2.05, 4.69) is 99.3 Å². The first kappa shape index (κ1) is 52.5. The zero-order chi connectivity index (χ0) is 48.5. The molecule has 12 nitrogen and oxygen atoms in total. The van der Waals surface area contributed by atoms with E-state index in [0.29, 0.717) is 70.0 Å². The Bertz CT molecular complexity index is 2130. The van der Waals surface area contributed by atoms with Crippen molar-refractivity contribution in [3.05, 3.63) is 130 Å². The number of benzene rings is 4. The monoisotopic (exact) mass is 919 g/mol. The summed E-state index contributed by atoms with van der Waals surface area (Å²) in [6.07, 6.45) is 1.08. The zero-order valence-corrected chi connectivity index (χ0v) is 41.8. The van der Waals surface area contributed by atoms with Gasteiger partial charge in [0.2, 0.25) is 11.8 Å². The minimum atomic E-state index is -0.738. The molecule has 0 aromatic heterocycles. The molecule has 6 rings (SSSR count). The van der Waals surface area contributed by atoms with Gasteiger partial charge in [0.05, 0.1) is 6.61 Å². The van der Waals surface area contributed by atoms with Gasteiger partial charge in [0.15, 0.2) is 0 Å². The lowest BCUT2D eigenvalue weighted by atomic mass is 9.92. The Morgan fingerprint density at radius 2 is 1.10 bits per heavy atom. The summed E-state index contributed by atoms with van der Waals surface area (Å²) in [6.45, 7) is 26.7. The maximum absolute atomic E-state index is 13.5. The second-order valence-electron chi connectivity index (χ2n) is 19.2. The minimum absolute atomic E-state index is 0.0429. The first-order valence-electron chi connectivity index (χ1n) is 24.5. The van der Waals surface area contributed by atoms with E-state index in [4.69, 9.17) is 14.2 Å². The van der Waals surface area contributed by atoms with Crippen molar-refractivity contribution in [2.45, 2.75) is 132 Å². The van der Waals surface area contributed by atoms with Gasteiger partial charge in [-0.2, -0.15) is 0 Å². The molecule has 2 unspecified atom stereocenters. The van der Waals surface area contributed by atoms with E-state index in [1.165, 1.54) is 5.56 Å². The molecule has 3 amide bonds. The number of nitrogens with zero attached hydrogens (tertiary/aromatic N) is 3. The van der Waals surface area contributed by atoms with Crippen LogP contribution < -0.4 is 25.4 Å². The van der Waals surface area contributed by atoms with Crippen LogP contribution in [0.5, 0.6) is 11.5 Å². The van der Waals surface area contributed by atoms with Crippen LogP contribution in [-0.4, -0.2) is 103 Å². The van der Waals surface area contributed by atoms with Crippen molar-refractivity contribution in [3.63, 3.8) is 0 Å². The summed E-state index contributed by atoms with van der Waals surface area (Å²) < 4.78 is 17.5. The number of carbonyl (C=O) groups excluding carboxylic acids is 3. The van der Waals surface area contributed by atoms with Gasteiger partial charge in [-0.05, 0) is 132 Å². The highest BCUT2D eigenvalue weighted by molar-refractivity contribution is 5.88. The molecule has 0 spiro atoms. The number of amides is 3. The summed E-state index contributed by atoms with van der Waals surface area (Å²) >= 11 is 0. The largest absolute Gasteiger partial charge is 0.489 e. The second kappa shape index (κ2) is 26.2. The molecule has 4 aromatic carbocycles. The predicted molar refractivity (Wildman–Crippen MR) is 268 cm³/mol. The molecule has 0 saturated heterocycles. The van der Waals surface area contributed by atoms with Crippen LogP contribution in [0, 0.1) is 5.92 Å². The standard InChI is InChI=1S/C30H43N3O4.C25H35N3O2/c1-21(2)19-37-30(35)33-16-14-25-18-26(36-20-24-10-8-7-9-11-24)12-13-27(25)28(33)29(34)31-15-17-32(22(3)4)23(5)6;1-18(2)28(19(3)4)15-14-27-25(29)24-23-11-10-22(16-21(23)12-13-26-24)30-17-20-8-6-5-7-9-20/h7-13,18,21-23,28H,14-17,19-20H2,1-6H3,(H,31,34);5-11,16,18-19,24,26H,12-15,17H2,1-4H3,(H,27,29). The Balaban J connectivity index is 0.000000256. The first-order valence-corrected chi connectivity index (χ1v) is 24.5. The second-order valence-corrected chi connectivity index (χ2v) is 19.2. The molecule has 0 saturated carbocycles. The summed E-state index contributed by atoms with van der Waals surface area (Å²) in [6, 6.07) is 32.7. The lowest BCUT2D eigenvalue weighted by Gasteiger charge is -2.36. The maximum atomic E-state index is 13.5. The molecule has 3 N–H and O–H groups in total. The SMILES string of the molecule is CC(C)COC(=O)N1CCc2cc(OCc3ccccc3)ccc2C1C(=O)NCCN(C(C)C)C(C)C.CC(C)N(CCNC(=O)C1NCCc2cc(OCc3ccccc3)ccc21)C(C)C. The van der Waals surface area contributed by atoms with Crippen LogP contribution in [0.4, 0.5) is 4.79 Å². The third-order valence-electron chi connectivity index (χ3n) is 12.3. The summed E-state index contributed by atoms with van der Waals surface area (Å²) in [5.74, 6) is 1.68. The third kappa shape index (κ3) is 15.8. The lowest BCUT2D eigenvalue weighted by molar-refractivity contribution is -0.126. The molecular weight excluding hydrogens is 841 g/mol. The van der Waals surface area contributed by atoms with E-state index in [0.717, 1.165) is 65.4 Å². The molecule has 4 aromatic rings.